The summed E-state index contributed by atoms with van der Waals surface area (Å²) in [5, 5.41) is 9.78. The molecule has 54 valence electrons. The Kier molecular flexibility index (Phi) is 3.54. The van der Waals surface area contributed by atoms with Crippen LogP contribution in [0.5, 0.6) is 0 Å². The predicted octanol–water partition coefficient (Wildman–Crippen LogP) is 1.53. The Hall–Kier alpha value is -0.310. The van der Waals surface area contributed by atoms with Gasteiger partial charge in [-0.2, -0.15) is 0 Å². The van der Waals surface area contributed by atoms with Crippen molar-refractivity contribution in [3.8, 4) is 0 Å². The number of hydrogen-bond acceptors (Lipinski definition) is 2. The third-order valence-corrected chi connectivity index (χ3v) is 1.34. The number of halogens is 1. The standard InChI is InChI=1S/C4H7NO2.CH3Cl/c1-3-2-4(3)5(6)7;1-2/h3-4H,2H2,1H3;1H3. The molecule has 1 aliphatic rings. The molecular formula is C5H10ClNO2. The Morgan fingerprint density at radius 3 is 2.00 bits per heavy atom. The zero-order valence-corrected chi connectivity index (χ0v) is 6.26. The summed E-state index contributed by atoms with van der Waals surface area (Å²) in [6.07, 6.45) is 2.26. The summed E-state index contributed by atoms with van der Waals surface area (Å²) >= 11 is 4.64. The molecule has 1 aliphatic carbocycles. The highest BCUT2D eigenvalue weighted by Gasteiger charge is 2.44. The van der Waals surface area contributed by atoms with Crippen LogP contribution in [0.1, 0.15) is 13.3 Å². The van der Waals surface area contributed by atoms with Gasteiger partial charge in [0.05, 0.1) is 0 Å². The van der Waals surface area contributed by atoms with Gasteiger partial charge in [0, 0.05) is 23.6 Å². The number of hydrogen-bond donors (Lipinski definition) is 0. The maximum absolute atomic E-state index is 9.78. The predicted molar refractivity (Wildman–Crippen MR) is 36.3 cm³/mol. The minimum absolute atomic E-state index is 0.204. The van der Waals surface area contributed by atoms with Crippen molar-refractivity contribution in [2.75, 3.05) is 6.38 Å². The highest BCUT2D eigenvalue weighted by molar-refractivity contribution is 6.15. The van der Waals surface area contributed by atoms with Crippen molar-refractivity contribution in [3.05, 3.63) is 10.1 Å². The van der Waals surface area contributed by atoms with Crippen molar-refractivity contribution in [2.24, 2.45) is 5.92 Å². The van der Waals surface area contributed by atoms with Crippen LogP contribution in [0.25, 0.3) is 0 Å². The van der Waals surface area contributed by atoms with E-state index in [4.69, 9.17) is 0 Å². The second kappa shape index (κ2) is 3.67. The fourth-order valence-corrected chi connectivity index (χ4v) is 0.596. The molecule has 0 amide bonds. The van der Waals surface area contributed by atoms with Gasteiger partial charge in [-0.1, -0.05) is 6.92 Å². The fourth-order valence-electron chi connectivity index (χ4n) is 0.596. The third kappa shape index (κ3) is 2.65. The molecule has 1 rings (SSSR count). The Balaban J connectivity index is 0.000000291. The summed E-state index contributed by atoms with van der Waals surface area (Å²) in [6, 6.07) is -0.208. The molecule has 0 spiro atoms. The van der Waals surface area contributed by atoms with E-state index in [2.05, 4.69) is 11.6 Å². The molecule has 0 radical (unpaired) electrons. The van der Waals surface area contributed by atoms with Crippen molar-refractivity contribution in [1.29, 1.82) is 0 Å². The van der Waals surface area contributed by atoms with Crippen LogP contribution >= 0.6 is 11.6 Å². The van der Waals surface area contributed by atoms with Gasteiger partial charge in [-0.3, -0.25) is 10.1 Å². The van der Waals surface area contributed by atoms with E-state index in [1.54, 1.807) is 0 Å². The number of nitrogens with zero attached hydrogens (tertiary/aromatic N) is 1. The molecule has 4 heteroatoms. The Bertz CT molecular complexity index is 107. The first-order chi connectivity index (χ1) is 4.22. The first kappa shape index (κ1) is 8.69. The molecule has 0 saturated heterocycles. The van der Waals surface area contributed by atoms with Crippen LogP contribution in [0.3, 0.4) is 0 Å². The van der Waals surface area contributed by atoms with E-state index in [0.29, 0.717) is 5.92 Å². The maximum atomic E-state index is 9.78. The minimum Gasteiger partial charge on any atom is -0.264 e. The summed E-state index contributed by atoms with van der Waals surface area (Å²) in [5.74, 6) is 0.343. The van der Waals surface area contributed by atoms with E-state index in [9.17, 15) is 10.1 Å². The van der Waals surface area contributed by atoms with Gasteiger partial charge in [-0.05, 0) is 0 Å². The molecule has 0 bridgehead atoms. The lowest BCUT2D eigenvalue weighted by Crippen LogP contribution is -2.01. The summed E-state index contributed by atoms with van der Waals surface area (Å²) < 4.78 is 0. The highest BCUT2D eigenvalue weighted by atomic mass is 35.5. The molecule has 2 unspecified atom stereocenters. The average Bonchev–Trinajstić information content (AvgIpc) is 2.52. The van der Waals surface area contributed by atoms with E-state index in [1.165, 1.54) is 6.38 Å². The topological polar surface area (TPSA) is 43.1 Å². The van der Waals surface area contributed by atoms with Gasteiger partial charge in [-0.15, -0.1) is 11.6 Å². The molecule has 0 aromatic heterocycles. The SMILES string of the molecule is CC1CC1[N+](=O)[O-].CCl. The zero-order valence-electron chi connectivity index (χ0n) is 5.50. The van der Waals surface area contributed by atoms with Crippen molar-refractivity contribution >= 4 is 11.6 Å². The van der Waals surface area contributed by atoms with Gasteiger partial charge in [0.25, 0.3) is 0 Å². The lowest BCUT2D eigenvalue weighted by Gasteiger charge is -1.80. The largest absolute Gasteiger partial charge is 0.264 e. The second-order valence-electron chi connectivity index (χ2n) is 2.07. The lowest BCUT2D eigenvalue weighted by molar-refractivity contribution is -0.498. The second-order valence-corrected chi connectivity index (χ2v) is 2.07. The molecular weight excluding hydrogens is 142 g/mol. The maximum Gasteiger partial charge on any atom is 0.216 e. The summed E-state index contributed by atoms with van der Waals surface area (Å²) in [4.78, 5) is 9.57. The highest BCUT2D eigenvalue weighted by Crippen LogP contribution is 2.31. The van der Waals surface area contributed by atoms with Crippen LogP contribution in [0.2, 0.25) is 0 Å². The van der Waals surface area contributed by atoms with E-state index < -0.39 is 0 Å². The first-order valence-corrected chi connectivity index (χ1v) is 3.48. The van der Waals surface area contributed by atoms with Gasteiger partial charge < -0.3 is 0 Å². The molecule has 2 atom stereocenters. The van der Waals surface area contributed by atoms with Crippen molar-refractivity contribution in [1.82, 2.24) is 0 Å². The molecule has 0 N–H and O–H groups in total. The summed E-state index contributed by atoms with van der Waals surface area (Å²) in [7, 11) is 0. The first-order valence-electron chi connectivity index (χ1n) is 2.73. The monoisotopic (exact) mass is 151 g/mol. The van der Waals surface area contributed by atoms with Crippen LogP contribution in [-0.4, -0.2) is 17.3 Å². The molecule has 1 saturated carbocycles. The van der Waals surface area contributed by atoms with Crippen LogP contribution in [-0.2, 0) is 0 Å². The van der Waals surface area contributed by atoms with Crippen molar-refractivity contribution < 1.29 is 4.92 Å². The molecule has 0 aliphatic heterocycles. The third-order valence-electron chi connectivity index (χ3n) is 1.34. The van der Waals surface area contributed by atoms with Crippen LogP contribution < -0.4 is 0 Å². The van der Waals surface area contributed by atoms with Gasteiger partial charge in [0.15, 0.2) is 0 Å². The lowest BCUT2D eigenvalue weighted by atomic mass is 10.5. The van der Waals surface area contributed by atoms with Gasteiger partial charge in [0.2, 0.25) is 6.04 Å². The van der Waals surface area contributed by atoms with Crippen molar-refractivity contribution in [2.45, 2.75) is 19.4 Å². The van der Waals surface area contributed by atoms with Crippen LogP contribution in [0.15, 0.2) is 0 Å². The van der Waals surface area contributed by atoms with Gasteiger partial charge >= 0.3 is 0 Å². The Morgan fingerprint density at radius 1 is 1.67 bits per heavy atom. The molecule has 9 heavy (non-hydrogen) atoms. The quantitative estimate of drug-likeness (QED) is 0.324. The van der Waals surface area contributed by atoms with E-state index in [1.807, 2.05) is 6.92 Å². The number of nitro groups is 1. The minimum atomic E-state index is -0.208. The van der Waals surface area contributed by atoms with Gasteiger partial charge in [-0.25, -0.2) is 0 Å². The number of rotatable bonds is 1. The molecule has 3 nitrogen and oxygen atoms in total. The summed E-state index contributed by atoms with van der Waals surface area (Å²) in [5.41, 5.74) is 0. The van der Waals surface area contributed by atoms with Crippen LogP contribution in [0.4, 0.5) is 0 Å². The van der Waals surface area contributed by atoms with E-state index >= 15 is 0 Å². The van der Waals surface area contributed by atoms with Gasteiger partial charge in [0.1, 0.15) is 0 Å². The Morgan fingerprint density at radius 2 is 2.00 bits per heavy atom. The van der Waals surface area contributed by atoms with E-state index in [0.717, 1.165) is 6.42 Å². The molecule has 1 fully saturated rings. The average molecular weight is 152 g/mol. The zero-order chi connectivity index (χ0) is 7.44. The normalized spacial score (nSPS) is 30.1. The summed E-state index contributed by atoms with van der Waals surface area (Å²) in [6.45, 7) is 1.90. The number of alkyl halides is 1. The fraction of sp³-hybridized carbons (Fsp3) is 1.00. The van der Waals surface area contributed by atoms with Crippen LogP contribution in [0, 0.1) is 16.0 Å². The molecule has 0 heterocycles. The Labute approximate surface area is 59.2 Å². The smallest absolute Gasteiger partial charge is 0.216 e. The molecule has 0 aromatic carbocycles. The van der Waals surface area contributed by atoms with E-state index in [-0.39, 0.29) is 11.0 Å². The molecule has 0 aromatic rings. The van der Waals surface area contributed by atoms with Crippen molar-refractivity contribution in [3.63, 3.8) is 0 Å².